The Morgan fingerprint density at radius 2 is 1.68 bits per heavy atom. The molecule has 0 bridgehead atoms. The Bertz CT molecular complexity index is 1530. The number of hydrogen-bond donors (Lipinski definition) is 2. The van der Waals surface area contributed by atoms with E-state index >= 15 is 0 Å². The molecule has 2 N–H and O–H groups in total. The van der Waals surface area contributed by atoms with E-state index in [0.717, 1.165) is 26.7 Å². The second-order valence-electron chi connectivity index (χ2n) is 8.80. The van der Waals surface area contributed by atoms with Crippen molar-refractivity contribution in [3.8, 4) is 5.75 Å². The van der Waals surface area contributed by atoms with Gasteiger partial charge >= 0.3 is 10.2 Å². The van der Waals surface area contributed by atoms with Gasteiger partial charge in [0.05, 0.1) is 11.4 Å². The molecule has 9 nitrogen and oxygen atoms in total. The third-order valence-electron chi connectivity index (χ3n) is 5.79. The van der Waals surface area contributed by atoms with E-state index < -0.39 is 16.1 Å². The van der Waals surface area contributed by atoms with Crippen LogP contribution in [0.5, 0.6) is 5.75 Å². The van der Waals surface area contributed by atoms with Gasteiger partial charge in [0.25, 0.3) is 5.91 Å². The Balaban J connectivity index is 1.15. The Hall–Kier alpha value is -3.93. The van der Waals surface area contributed by atoms with Crippen LogP contribution in [0.25, 0.3) is 6.08 Å². The zero-order chi connectivity index (χ0) is 26.7. The number of aryl methyl sites for hydroxylation is 1. The molecule has 0 spiro atoms. The number of carbonyl (C=O) groups is 2. The predicted molar refractivity (Wildman–Crippen MR) is 148 cm³/mol. The van der Waals surface area contributed by atoms with Crippen LogP contribution in [0, 0.1) is 6.92 Å². The van der Waals surface area contributed by atoms with Gasteiger partial charge in [0, 0.05) is 12.2 Å². The third kappa shape index (κ3) is 6.31. The predicted octanol–water partition coefficient (Wildman–Crippen LogP) is 3.83. The van der Waals surface area contributed by atoms with Gasteiger partial charge in [-0.3, -0.25) is 9.59 Å². The molecule has 0 radical (unpaired) electrons. The Morgan fingerprint density at radius 3 is 2.34 bits per heavy atom. The van der Waals surface area contributed by atoms with E-state index in [0.29, 0.717) is 22.4 Å². The minimum absolute atomic E-state index is 0.0816. The van der Waals surface area contributed by atoms with Gasteiger partial charge < -0.3 is 10.1 Å². The molecule has 0 saturated carbocycles. The van der Waals surface area contributed by atoms with E-state index in [1.807, 2.05) is 48.0 Å². The van der Waals surface area contributed by atoms with E-state index in [9.17, 15) is 18.0 Å². The zero-order valence-electron chi connectivity index (χ0n) is 20.4. The summed E-state index contributed by atoms with van der Waals surface area (Å²) in [5.41, 5.74) is 4.57. The molecule has 1 saturated heterocycles. The smallest absolute Gasteiger partial charge is 0.304 e. The van der Waals surface area contributed by atoms with Crippen LogP contribution in [0.2, 0.25) is 0 Å². The van der Waals surface area contributed by atoms with E-state index in [1.165, 1.54) is 17.3 Å². The molecule has 0 aliphatic carbocycles. The maximum atomic E-state index is 12.4. The third-order valence-corrected chi connectivity index (χ3v) is 8.11. The summed E-state index contributed by atoms with van der Waals surface area (Å²) in [5, 5.41) is 3.56. The molecule has 0 unspecified atom stereocenters. The van der Waals surface area contributed by atoms with Crippen molar-refractivity contribution < 1.29 is 22.7 Å². The number of hydrogen-bond acceptors (Lipinski definition) is 7. The first-order valence-corrected chi connectivity index (χ1v) is 14.0. The highest BCUT2D eigenvalue weighted by Gasteiger charge is 2.33. The Morgan fingerprint density at radius 1 is 1.00 bits per heavy atom. The summed E-state index contributed by atoms with van der Waals surface area (Å²) >= 11 is 1.24. The van der Waals surface area contributed by atoms with Gasteiger partial charge in [-0.25, -0.2) is 4.72 Å². The Labute approximate surface area is 224 Å². The molecule has 2 aliphatic heterocycles. The molecular weight excluding hydrogens is 524 g/mol. The maximum absolute atomic E-state index is 12.4. The molecule has 2 heterocycles. The number of nitrogens with zero attached hydrogens (tertiary/aromatic N) is 2. The van der Waals surface area contributed by atoms with Crippen molar-refractivity contribution in [2.75, 3.05) is 11.9 Å². The normalized spacial score (nSPS) is 17.9. The van der Waals surface area contributed by atoms with Gasteiger partial charge in [-0.1, -0.05) is 54.1 Å². The van der Waals surface area contributed by atoms with E-state index in [4.69, 9.17) is 4.74 Å². The highest BCUT2D eigenvalue weighted by atomic mass is 32.2. The van der Waals surface area contributed by atoms with Crippen molar-refractivity contribution in [2.24, 2.45) is 4.99 Å². The average Bonchev–Trinajstić information content (AvgIpc) is 3.36. The molecule has 5 rings (SSSR count). The number of ether oxygens (including phenoxy) is 1. The lowest BCUT2D eigenvalue weighted by Gasteiger charge is -2.12. The number of rotatable bonds is 7. The van der Waals surface area contributed by atoms with Crippen molar-refractivity contribution in [3.05, 3.63) is 100.0 Å². The van der Waals surface area contributed by atoms with E-state index in [2.05, 4.69) is 22.4 Å². The lowest BCUT2D eigenvalue weighted by Crippen LogP contribution is -2.29. The molecule has 38 heavy (non-hydrogen) atoms. The summed E-state index contributed by atoms with van der Waals surface area (Å²) in [5.74, 6) is -0.133. The second-order valence-corrected chi connectivity index (χ2v) is 11.5. The molecule has 1 fully saturated rings. The van der Waals surface area contributed by atoms with Gasteiger partial charge in [0.15, 0.2) is 5.17 Å². The quantitative estimate of drug-likeness (QED) is 0.431. The van der Waals surface area contributed by atoms with Crippen LogP contribution < -0.4 is 14.8 Å². The Kier molecular flexibility index (Phi) is 7.32. The lowest BCUT2D eigenvalue weighted by molar-refractivity contribution is -0.118. The van der Waals surface area contributed by atoms with Gasteiger partial charge in [0.2, 0.25) is 5.91 Å². The van der Waals surface area contributed by atoms with Crippen LogP contribution in [0.3, 0.4) is 0 Å². The molecule has 3 aromatic carbocycles. The standard InChI is InChI=1S/C27H24N4O5S2/c1-18-2-4-21(5-3-18)17-36-23-12-8-19(9-13-23)14-24-26(33)29-27(37-24)28-22-10-6-20(7-11-22)15-31-16-25(32)30-38(31,34)35/h2-14H,15-17H2,1H3,(H,30,32)(H,28,29,33)/b24-14-. The van der Waals surface area contributed by atoms with Gasteiger partial charge in [-0.05, 0) is 65.7 Å². The van der Waals surface area contributed by atoms with Crippen LogP contribution in [0.15, 0.2) is 82.7 Å². The van der Waals surface area contributed by atoms with Crippen LogP contribution in [0.4, 0.5) is 5.69 Å². The number of benzene rings is 3. The minimum Gasteiger partial charge on any atom is -0.489 e. The van der Waals surface area contributed by atoms with Gasteiger partial charge in [-0.15, -0.1) is 0 Å². The van der Waals surface area contributed by atoms with Gasteiger partial charge in [-0.2, -0.15) is 17.7 Å². The van der Waals surface area contributed by atoms with E-state index in [1.54, 1.807) is 30.3 Å². The van der Waals surface area contributed by atoms with Crippen molar-refractivity contribution in [3.63, 3.8) is 0 Å². The molecular formula is C27H24N4O5S2. The highest BCUT2D eigenvalue weighted by Crippen LogP contribution is 2.30. The molecule has 194 valence electrons. The topological polar surface area (TPSA) is 117 Å². The fourth-order valence-corrected chi connectivity index (χ4v) is 5.69. The summed E-state index contributed by atoms with van der Waals surface area (Å²) in [6, 6.07) is 22.7. The number of carbonyl (C=O) groups excluding carboxylic acids is 2. The first-order chi connectivity index (χ1) is 18.2. The second kappa shape index (κ2) is 10.8. The fourth-order valence-electron chi connectivity index (χ4n) is 3.77. The summed E-state index contributed by atoms with van der Waals surface area (Å²) in [6.07, 6.45) is 1.78. The number of anilines is 1. The fraction of sp³-hybridized carbons (Fsp3) is 0.148. The SMILES string of the molecule is Cc1ccc(COc2ccc(/C=C3\SC(Nc4ccc(CN5CC(=O)NS5(=O)=O)cc4)=NC3=O)cc2)cc1. The van der Waals surface area contributed by atoms with Crippen molar-refractivity contribution >= 4 is 50.7 Å². The van der Waals surface area contributed by atoms with Crippen molar-refractivity contribution in [1.82, 2.24) is 9.03 Å². The molecule has 2 aliphatic rings. The highest BCUT2D eigenvalue weighted by molar-refractivity contribution is 8.18. The van der Waals surface area contributed by atoms with E-state index in [-0.39, 0.29) is 19.0 Å². The largest absolute Gasteiger partial charge is 0.489 e. The maximum Gasteiger partial charge on any atom is 0.304 e. The molecule has 3 aromatic rings. The number of thioether (sulfide) groups is 1. The number of amidine groups is 1. The van der Waals surface area contributed by atoms with Crippen molar-refractivity contribution in [2.45, 2.75) is 20.1 Å². The average molecular weight is 549 g/mol. The van der Waals surface area contributed by atoms with Crippen molar-refractivity contribution in [1.29, 1.82) is 0 Å². The molecule has 11 heteroatoms. The molecule has 0 atom stereocenters. The van der Waals surface area contributed by atoms with Crippen LogP contribution in [-0.2, 0) is 33.0 Å². The number of aliphatic imine (C=N–C) groups is 1. The summed E-state index contributed by atoms with van der Waals surface area (Å²) in [7, 11) is -3.77. The monoisotopic (exact) mass is 548 g/mol. The lowest BCUT2D eigenvalue weighted by atomic mass is 10.1. The summed E-state index contributed by atoms with van der Waals surface area (Å²) < 4.78 is 32.7. The number of amides is 2. The molecule has 0 aromatic heterocycles. The molecule has 2 amide bonds. The summed E-state index contributed by atoms with van der Waals surface area (Å²) in [6.45, 7) is 2.41. The van der Waals surface area contributed by atoms with Gasteiger partial charge in [0.1, 0.15) is 12.4 Å². The first kappa shape index (κ1) is 25.7. The minimum atomic E-state index is -3.77. The van der Waals surface area contributed by atoms with Crippen LogP contribution in [0.1, 0.15) is 22.3 Å². The van der Waals surface area contributed by atoms with Crippen LogP contribution in [-0.4, -0.2) is 36.2 Å². The van der Waals surface area contributed by atoms with Crippen LogP contribution >= 0.6 is 11.8 Å². The summed E-state index contributed by atoms with van der Waals surface area (Å²) in [4.78, 5) is 28.4. The first-order valence-electron chi connectivity index (χ1n) is 11.7. The zero-order valence-corrected chi connectivity index (χ0v) is 22.0. The number of nitrogens with one attached hydrogen (secondary N) is 2.